The summed E-state index contributed by atoms with van der Waals surface area (Å²) in [4.78, 5) is 37.1. The average Bonchev–Trinajstić information content (AvgIpc) is 2.53. The second kappa shape index (κ2) is 8.20. The third kappa shape index (κ3) is 4.75. The van der Waals surface area contributed by atoms with Crippen molar-refractivity contribution in [2.45, 2.75) is 12.5 Å². The zero-order valence-corrected chi connectivity index (χ0v) is 14.6. The van der Waals surface area contributed by atoms with E-state index in [-0.39, 0.29) is 24.6 Å². The number of esters is 1. The fourth-order valence-electron chi connectivity index (χ4n) is 2.38. The first kappa shape index (κ1) is 18.3. The van der Waals surface area contributed by atoms with Crippen molar-refractivity contribution < 1.29 is 23.5 Å². The number of hydrogen-bond acceptors (Lipinski definition) is 5. The van der Waals surface area contributed by atoms with Crippen LogP contribution in [0.5, 0.6) is 0 Å². The van der Waals surface area contributed by atoms with Crippen molar-refractivity contribution in [2.24, 2.45) is 0 Å². The molecule has 1 atom stereocenters. The average molecular weight is 402 g/mol. The van der Waals surface area contributed by atoms with Crippen molar-refractivity contribution in [1.82, 2.24) is 10.2 Å². The molecule has 2 amide bonds. The van der Waals surface area contributed by atoms with E-state index < -0.39 is 23.7 Å². The molecule has 2 N–H and O–H groups in total. The molecular formula is C15H17BrFN3O4. The number of ether oxygens (including phenoxy) is 1. The van der Waals surface area contributed by atoms with Gasteiger partial charge in [-0.25, -0.2) is 4.39 Å². The summed E-state index contributed by atoms with van der Waals surface area (Å²) >= 11 is 3.14. The van der Waals surface area contributed by atoms with Crippen LogP contribution in [0.2, 0.25) is 0 Å². The summed E-state index contributed by atoms with van der Waals surface area (Å²) in [7, 11) is 1.23. The molecule has 1 aliphatic heterocycles. The van der Waals surface area contributed by atoms with Crippen molar-refractivity contribution >= 4 is 39.4 Å². The van der Waals surface area contributed by atoms with Gasteiger partial charge in [0.05, 0.1) is 25.8 Å². The summed E-state index contributed by atoms with van der Waals surface area (Å²) in [5, 5.41) is 5.11. The number of benzene rings is 1. The van der Waals surface area contributed by atoms with Gasteiger partial charge in [-0.15, -0.1) is 0 Å². The Morgan fingerprint density at radius 3 is 2.92 bits per heavy atom. The molecular weight excluding hydrogens is 385 g/mol. The number of piperazine rings is 1. The molecule has 24 heavy (non-hydrogen) atoms. The normalized spacial score (nSPS) is 18.0. The minimum atomic E-state index is -0.785. The van der Waals surface area contributed by atoms with E-state index in [0.29, 0.717) is 17.6 Å². The van der Waals surface area contributed by atoms with Crippen molar-refractivity contribution in [1.29, 1.82) is 0 Å². The molecule has 0 bridgehead atoms. The van der Waals surface area contributed by atoms with Gasteiger partial charge in [-0.05, 0) is 18.2 Å². The number of halogens is 2. The summed E-state index contributed by atoms with van der Waals surface area (Å²) in [5.41, 5.74) is 0.0502. The van der Waals surface area contributed by atoms with Crippen LogP contribution in [0.1, 0.15) is 6.42 Å². The molecule has 0 spiro atoms. The molecule has 0 saturated carbocycles. The second-order valence-corrected chi connectivity index (χ2v) is 6.15. The Labute approximate surface area is 146 Å². The van der Waals surface area contributed by atoms with Crippen LogP contribution in [0.3, 0.4) is 0 Å². The Balaban J connectivity index is 2.02. The summed E-state index contributed by atoms with van der Waals surface area (Å²) in [6.45, 7) is 0.644. The number of nitrogens with one attached hydrogen (secondary N) is 2. The monoisotopic (exact) mass is 401 g/mol. The predicted molar refractivity (Wildman–Crippen MR) is 87.7 cm³/mol. The van der Waals surface area contributed by atoms with Gasteiger partial charge in [0, 0.05) is 17.6 Å². The highest BCUT2D eigenvalue weighted by atomic mass is 79.9. The molecule has 9 heteroatoms. The molecule has 130 valence electrons. The van der Waals surface area contributed by atoms with Crippen LogP contribution in [0.25, 0.3) is 0 Å². The first-order chi connectivity index (χ1) is 11.4. The molecule has 2 rings (SSSR count). The highest BCUT2D eigenvalue weighted by Gasteiger charge is 2.33. The molecule has 1 heterocycles. The quantitative estimate of drug-likeness (QED) is 0.715. The van der Waals surface area contributed by atoms with Crippen LogP contribution < -0.4 is 10.6 Å². The standard InChI is InChI=1S/C15H17BrFN3O4/c1-24-14(22)7-12-15(23)18-4-5-20(12)8-13(21)19-11-3-2-9(16)6-10(11)17/h2-3,6,12H,4-5,7-8H2,1H3,(H,18,23)(H,19,21). The number of rotatable bonds is 5. The zero-order valence-electron chi connectivity index (χ0n) is 13.0. The lowest BCUT2D eigenvalue weighted by Gasteiger charge is -2.33. The largest absolute Gasteiger partial charge is 0.469 e. The van der Waals surface area contributed by atoms with Crippen LogP contribution in [0, 0.1) is 5.82 Å². The van der Waals surface area contributed by atoms with Gasteiger partial charge >= 0.3 is 5.97 Å². The van der Waals surface area contributed by atoms with Crippen LogP contribution in [-0.2, 0) is 19.1 Å². The molecule has 0 aromatic heterocycles. The van der Waals surface area contributed by atoms with Crippen molar-refractivity contribution in [2.75, 3.05) is 32.1 Å². The number of carbonyl (C=O) groups excluding carboxylic acids is 3. The van der Waals surface area contributed by atoms with E-state index in [1.54, 1.807) is 11.0 Å². The Morgan fingerprint density at radius 2 is 2.25 bits per heavy atom. The van der Waals surface area contributed by atoms with E-state index in [1.165, 1.54) is 19.2 Å². The topological polar surface area (TPSA) is 87.7 Å². The smallest absolute Gasteiger partial charge is 0.307 e. The molecule has 1 saturated heterocycles. The minimum Gasteiger partial charge on any atom is -0.469 e. The molecule has 1 fully saturated rings. The second-order valence-electron chi connectivity index (χ2n) is 5.23. The summed E-state index contributed by atoms with van der Waals surface area (Å²) in [6, 6.07) is 3.50. The first-order valence-electron chi connectivity index (χ1n) is 7.24. The van der Waals surface area contributed by atoms with Crippen molar-refractivity contribution in [3.63, 3.8) is 0 Å². The molecule has 1 aromatic rings. The Morgan fingerprint density at radius 1 is 1.50 bits per heavy atom. The SMILES string of the molecule is COC(=O)CC1C(=O)NCCN1CC(=O)Nc1ccc(Br)cc1F. The summed E-state index contributed by atoms with van der Waals surface area (Å²) in [5.74, 6) is -1.92. The van der Waals surface area contributed by atoms with Gasteiger partial charge < -0.3 is 15.4 Å². The maximum atomic E-state index is 13.8. The minimum absolute atomic E-state index is 0.0502. The van der Waals surface area contributed by atoms with Gasteiger partial charge in [-0.1, -0.05) is 15.9 Å². The number of anilines is 1. The lowest BCUT2D eigenvalue weighted by atomic mass is 10.1. The lowest BCUT2D eigenvalue weighted by Crippen LogP contribution is -2.57. The highest BCUT2D eigenvalue weighted by molar-refractivity contribution is 9.10. The van der Waals surface area contributed by atoms with E-state index >= 15 is 0 Å². The highest BCUT2D eigenvalue weighted by Crippen LogP contribution is 2.19. The maximum absolute atomic E-state index is 13.8. The summed E-state index contributed by atoms with van der Waals surface area (Å²) in [6.07, 6.45) is -0.151. The maximum Gasteiger partial charge on any atom is 0.307 e. The molecule has 7 nitrogen and oxygen atoms in total. The molecule has 1 aromatic carbocycles. The predicted octanol–water partition coefficient (Wildman–Crippen LogP) is 0.890. The number of hydrogen-bond donors (Lipinski definition) is 2. The Bertz CT molecular complexity index is 656. The third-order valence-electron chi connectivity index (χ3n) is 3.58. The van der Waals surface area contributed by atoms with Crippen molar-refractivity contribution in [3.8, 4) is 0 Å². The van der Waals surface area contributed by atoms with Gasteiger partial charge in [-0.2, -0.15) is 0 Å². The van der Waals surface area contributed by atoms with Crippen LogP contribution in [-0.4, -0.2) is 55.5 Å². The molecule has 1 aliphatic rings. The van der Waals surface area contributed by atoms with Crippen LogP contribution >= 0.6 is 15.9 Å². The fourth-order valence-corrected chi connectivity index (χ4v) is 2.71. The first-order valence-corrected chi connectivity index (χ1v) is 8.03. The molecule has 1 unspecified atom stereocenters. The van der Waals surface area contributed by atoms with Gasteiger partial charge in [0.15, 0.2) is 0 Å². The van der Waals surface area contributed by atoms with Gasteiger partial charge in [0.1, 0.15) is 11.9 Å². The summed E-state index contributed by atoms with van der Waals surface area (Å²) < 4.78 is 18.9. The number of methoxy groups -OCH3 is 1. The number of amides is 2. The van der Waals surface area contributed by atoms with E-state index in [1.807, 2.05) is 0 Å². The van der Waals surface area contributed by atoms with Crippen LogP contribution in [0.4, 0.5) is 10.1 Å². The van der Waals surface area contributed by atoms with Gasteiger partial charge in [0.25, 0.3) is 0 Å². The Hall–Kier alpha value is -2.00. The van der Waals surface area contributed by atoms with E-state index in [2.05, 4.69) is 31.3 Å². The van der Waals surface area contributed by atoms with Crippen molar-refractivity contribution in [3.05, 3.63) is 28.5 Å². The third-order valence-corrected chi connectivity index (χ3v) is 4.07. The fraction of sp³-hybridized carbons (Fsp3) is 0.400. The van der Waals surface area contributed by atoms with E-state index in [4.69, 9.17) is 0 Å². The van der Waals surface area contributed by atoms with E-state index in [0.717, 1.165) is 0 Å². The van der Waals surface area contributed by atoms with E-state index in [9.17, 15) is 18.8 Å². The molecule has 0 aliphatic carbocycles. The zero-order chi connectivity index (χ0) is 17.7. The Kier molecular flexibility index (Phi) is 6.27. The number of carbonyl (C=O) groups is 3. The van der Waals surface area contributed by atoms with Crippen LogP contribution in [0.15, 0.2) is 22.7 Å². The number of nitrogens with zero attached hydrogens (tertiary/aromatic N) is 1. The van der Waals surface area contributed by atoms with Gasteiger partial charge in [0.2, 0.25) is 11.8 Å². The van der Waals surface area contributed by atoms with Gasteiger partial charge in [-0.3, -0.25) is 19.3 Å². The molecule has 0 radical (unpaired) electrons. The lowest BCUT2D eigenvalue weighted by molar-refractivity contribution is -0.146.